The van der Waals surface area contributed by atoms with Gasteiger partial charge in [0.1, 0.15) is 24.5 Å². The summed E-state index contributed by atoms with van der Waals surface area (Å²) in [4.78, 5) is 40.0. The van der Waals surface area contributed by atoms with Crippen LogP contribution in [0.15, 0.2) is 48.9 Å². The zero-order valence-corrected chi connectivity index (χ0v) is 25.1. The average Bonchev–Trinajstić information content (AvgIpc) is 3.21. The van der Waals surface area contributed by atoms with Gasteiger partial charge in [-0.15, -0.1) is 0 Å². The molecular formula is C25H23BrCl2N10O3. The summed E-state index contributed by atoms with van der Waals surface area (Å²) in [5, 5.41) is 27.9. The Morgan fingerprint density at radius 2 is 1.98 bits per heavy atom. The molecule has 16 heteroatoms. The van der Waals surface area contributed by atoms with Crippen molar-refractivity contribution in [3.05, 3.63) is 80.6 Å². The second kappa shape index (κ2) is 13.0. The summed E-state index contributed by atoms with van der Waals surface area (Å²) in [6, 6.07) is 8.59. The van der Waals surface area contributed by atoms with Crippen LogP contribution in [0.25, 0.3) is 10.9 Å². The molecule has 0 aliphatic carbocycles. The van der Waals surface area contributed by atoms with Crippen molar-refractivity contribution in [3.63, 3.8) is 0 Å². The molecule has 2 N–H and O–H groups in total. The molecule has 212 valence electrons. The van der Waals surface area contributed by atoms with Gasteiger partial charge in [-0.05, 0) is 40.2 Å². The lowest BCUT2D eigenvalue weighted by Crippen LogP contribution is -3.00. The molecule has 0 spiro atoms. The van der Waals surface area contributed by atoms with Gasteiger partial charge in [0.15, 0.2) is 11.8 Å². The lowest BCUT2D eigenvalue weighted by atomic mass is 10.2. The predicted octanol–water partition coefficient (Wildman–Crippen LogP) is 1.36. The van der Waals surface area contributed by atoms with E-state index in [1.807, 2.05) is 20.2 Å². The van der Waals surface area contributed by atoms with Crippen molar-refractivity contribution >= 4 is 63.2 Å². The number of nitrogens with one attached hydrogen (secondary N) is 2. The second-order valence-corrected chi connectivity index (χ2v) is 10.2. The summed E-state index contributed by atoms with van der Waals surface area (Å²) in [5.74, 6) is -0.0373. The highest BCUT2D eigenvalue weighted by Crippen LogP contribution is 2.29. The van der Waals surface area contributed by atoms with Gasteiger partial charge < -0.3 is 42.2 Å². The predicted molar refractivity (Wildman–Crippen MR) is 150 cm³/mol. The third kappa shape index (κ3) is 7.53. The molecule has 3 heterocycles. The van der Waals surface area contributed by atoms with E-state index >= 15 is 0 Å². The van der Waals surface area contributed by atoms with E-state index in [9.17, 15) is 20.2 Å². The molecule has 1 aromatic carbocycles. The molecule has 0 saturated heterocycles. The second-order valence-electron chi connectivity index (χ2n) is 9.36. The highest BCUT2D eigenvalue weighted by molar-refractivity contribution is 6.42. The number of quaternary nitrogens is 1. The molecule has 3 aromatic heterocycles. The first-order valence-electron chi connectivity index (χ1n) is 11.7. The Bertz CT molecular complexity index is 1700. The van der Waals surface area contributed by atoms with Gasteiger partial charge in [0.25, 0.3) is 0 Å². The Labute approximate surface area is 255 Å². The summed E-state index contributed by atoms with van der Waals surface area (Å²) >= 11 is 12.1. The van der Waals surface area contributed by atoms with Crippen LogP contribution in [0.1, 0.15) is 11.5 Å². The minimum Gasteiger partial charge on any atom is -1.00 e. The fourth-order valence-corrected chi connectivity index (χ4v) is 4.16. The van der Waals surface area contributed by atoms with Crippen LogP contribution in [0, 0.1) is 21.4 Å². The Balaban J connectivity index is 0.00000462. The lowest BCUT2D eigenvalue weighted by Gasteiger charge is -2.28. The normalized spacial score (nSPS) is 11.2. The molecule has 0 atom stereocenters. The van der Waals surface area contributed by atoms with Crippen molar-refractivity contribution in [2.75, 3.05) is 31.3 Å². The Morgan fingerprint density at radius 1 is 1.22 bits per heavy atom. The Kier molecular flexibility index (Phi) is 9.95. The summed E-state index contributed by atoms with van der Waals surface area (Å²) in [6.07, 6.45) is 5.93. The third-order valence-corrected chi connectivity index (χ3v) is 6.61. The third-order valence-electron chi connectivity index (χ3n) is 5.87. The first-order valence-corrected chi connectivity index (χ1v) is 12.5. The van der Waals surface area contributed by atoms with E-state index in [1.165, 1.54) is 23.2 Å². The van der Waals surface area contributed by atoms with E-state index in [1.54, 1.807) is 37.4 Å². The zero-order chi connectivity index (χ0) is 29.0. The van der Waals surface area contributed by atoms with E-state index in [0.717, 1.165) is 0 Å². The van der Waals surface area contributed by atoms with Crippen LogP contribution < -0.4 is 27.6 Å². The van der Waals surface area contributed by atoms with Crippen molar-refractivity contribution in [1.82, 2.24) is 24.5 Å². The number of carbonyl (C=O) groups is 1. The number of nitrogens with zero attached hydrogens (tertiary/aromatic N) is 8. The molecule has 4 aromatic rings. The standard InChI is InChI=1S/C25H22Cl2N10O3.BrH/c1-35-20(25(36(39)40)34-22(35)11-28)13-37(2,3)8-4-5-23(38)33-21-10-16-19(12-29-21)30-14-31-24(16)32-15-6-7-17(26)18(27)9-15;/h4-7,9-10,12,14H,8,13H2,1-3H3,(H-,29,30,31,32,33,38);1H/b5-4+;. The molecule has 0 saturated carbocycles. The maximum absolute atomic E-state index is 12.6. The summed E-state index contributed by atoms with van der Waals surface area (Å²) in [7, 11) is 5.25. The molecule has 0 bridgehead atoms. The summed E-state index contributed by atoms with van der Waals surface area (Å²) in [6.45, 7) is 0.586. The topological polar surface area (TPSA) is 165 Å². The molecule has 1 amide bonds. The fraction of sp³-hybridized carbons (Fsp3) is 0.200. The van der Waals surface area contributed by atoms with Gasteiger partial charge >= 0.3 is 11.6 Å². The van der Waals surface area contributed by atoms with Gasteiger partial charge in [-0.1, -0.05) is 23.2 Å². The van der Waals surface area contributed by atoms with Crippen molar-refractivity contribution < 1.29 is 31.2 Å². The molecule has 0 aliphatic rings. The largest absolute Gasteiger partial charge is 1.00 e. The molecule has 13 nitrogen and oxygen atoms in total. The summed E-state index contributed by atoms with van der Waals surface area (Å²) in [5.41, 5.74) is 1.55. The molecule has 0 fully saturated rings. The molecule has 0 unspecified atom stereocenters. The smallest absolute Gasteiger partial charge is 0.392 e. The van der Waals surface area contributed by atoms with Gasteiger partial charge in [0, 0.05) is 24.2 Å². The first-order chi connectivity index (χ1) is 19.0. The number of pyridine rings is 1. The highest BCUT2D eigenvalue weighted by atomic mass is 79.9. The van der Waals surface area contributed by atoms with Gasteiger partial charge in [0.2, 0.25) is 5.91 Å². The van der Waals surface area contributed by atoms with E-state index in [0.29, 0.717) is 44.7 Å². The van der Waals surface area contributed by atoms with Gasteiger partial charge in [0.05, 0.1) is 42.4 Å². The summed E-state index contributed by atoms with van der Waals surface area (Å²) < 4.78 is 1.68. The zero-order valence-electron chi connectivity index (χ0n) is 22.0. The van der Waals surface area contributed by atoms with Crippen LogP contribution in [0.2, 0.25) is 10.0 Å². The van der Waals surface area contributed by atoms with E-state index in [2.05, 4.69) is 30.6 Å². The van der Waals surface area contributed by atoms with Crippen LogP contribution >= 0.6 is 23.2 Å². The number of nitriles is 1. The molecule has 0 aliphatic heterocycles. The number of hydrogen-bond donors (Lipinski definition) is 2. The van der Waals surface area contributed by atoms with E-state index < -0.39 is 10.8 Å². The van der Waals surface area contributed by atoms with Crippen LogP contribution in [0.4, 0.5) is 23.1 Å². The number of rotatable bonds is 9. The van der Waals surface area contributed by atoms with Crippen molar-refractivity contribution in [1.29, 1.82) is 5.26 Å². The molecule has 41 heavy (non-hydrogen) atoms. The molecule has 4 rings (SSSR count). The van der Waals surface area contributed by atoms with Crippen LogP contribution in [-0.4, -0.2) is 60.5 Å². The number of fused-ring (bicyclic) bond motifs is 1. The van der Waals surface area contributed by atoms with Crippen LogP contribution in [0.5, 0.6) is 0 Å². The average molecular weight is 662 g/mol. The number of likely N-dealkylation sites (N-methyl/N-ethyl adjacent to an activating group) is 1. The maximum atomic E-state index is 12.6. The van der Waals surface area contributed by atoms with Crippen molar-refractivity contribution in [2.24, 2.45) is 7.05 Å². The number of halogens is 3. The number of nitro groups is 1. The highest BCUT2D eigenvalue weighted by Gasteiger charge is 2.30. The van der Waals surface area contributed by atoms with Crippen LogP contribution in [-0.2, 0) is 18.4 Å². The van der Waals surface area contributed by atoms with Crippen molar-refractivity contribution in [2.45, 2.75) is 6.54 Å². The van der Waals surface area contributed by atoms with Gasteiger partial charge in [-0.25, -0.2) is 15.0 Å². The number of anilines is 3. The molecule has 0 radical (unpaired) electrons. The molecular weight excluding hydrogens is 639 g/mol. The van der Waals surface area contributed by atoms with E-state index in [-0.39, 0.29) is 45.5 Å². The number of imidazole rings is 1. The fourth-order valence-electron chi connectivity index (χ4n) is 3.86. The Hall–Kier alpha value is -4.16. The van der Waals surface area contributed by atoms with E-state index in [4.69, 9.17) is 23.2 Å². The van der Waals surface area contributed by atoms with Gasteiger partial charge in [-0.2, -0.15) is 5.26 Å². The number of hydrogen-bond acceptors (Lipinski definition) is 9. The number of amides is 1. The minimum absolute atomic E-state index is 0. The first kappa shape index (κ1) is 31.4. The van der Waals surface area contributed by atoms with Gasteiger partial charge in [-0.3, -0.25) is 9.36 Å². The lowest BCUT2D eigenvalue weighted by molar-refractivity contribution is -0.898. The Morgan fingerprint density at radius 3 is 2.66 bits per heavy atom. The quantitative estimate of drug-likeness (QED) is 0.117. The number of carbonyl (C=O) groups excluding carboxylic acids is 1. The maximum Gasteiger partial charge on any atom is 0.392 e. The minimum atomic E-state index is -0.605. The number of aromatic nitrogens is 5. The van der Waals surface area contributed by atoms with Crippen molar-refractivity contribution in [3.8, 4) is 6.07 Å². The monoisotopic (exact) mass is 660 g/mol. The van der Waals surface area contributed by atoms with Crippen LogP contribution in [0.3, 0.4) is 0 Å². The number of benzene rings is 1. The SMILES string of the molecule is Cn1c(C#N)nc([N+](=O)[O-])c1C[N+](C)(C)C/C=C/C(=O)Nc1cc2c(Nc3ccc(Cl)c(Cl)c3)ncnc2cn1.[Br-].